The van der Waals surface area contributed by atoms with Gasteiger partial charge in [-0.15, -0.1) is 0 Å². The van der Waals surface area contributed by atoms with Crippen molar-refractivity contribution in [1.82, 2.24) is 15.0 Å². The molecule has 2 aromatic rings. The number of rotatable bonds is 6. The van der Waals surface area contributed by atoms with Crippen LogP contribution in [0.15, 0.2) is 30.6 Å². The largest absolute Gasteiger partial charge is 0.370 e. The summed E-state index contributed by atoms with van der Waals surface area (Å²) in [5, 5.41) is 3.35. The molecule has 0 amide bonds. The van der Waals surface area contributed by atoms with Gasteiger partial charge in [0.15, 0.2) is 5.82 Å². The first-order valence-corrected chi connectivity index (χ1v) is 7.21. The molecule has 0 aliphatic rings. The number of hydrogen-bond donors (Lipinski definition) is 1. The van der Waals surface area contributed by atoms with Crippen LogP contribution in [0.2, 0.25) is 0 Å². The lowest BCUT2D eigenvalue weighted by Gasteiger charge is -2.10. The van der Waals surface area contributed by atoms with Crippen LogP contribution in [0.4, 0.5) is 5.82 Å². The van der Waals surface area contributed by atoms with Crippen LogP contribution in [-0.2, 0) is 6.42 Å². The second kappa shape index (κ2) is 6.98. The molecule has 0 radical (unpaired) electrons. The van der Waals surface area contributed by atoms with E-state index in [9.17, 15) is 0 Å². The van der Waals surface area contributed by atoms with Crippen LogP contribution in [0, 0.1) is 5.92 Å². The predicted octanol–water partition coefficient (Wildman–Crippen LogP) is 3.56. The highest BCUT2D eigenvalue weighted by atomic mass is 15.0. The van der Waals surface area contributed by atoms with E-state index < -0.39 is 0 Å². The number of hydrogen-bond acceptors (Lipinski definition) is 4. The molecule has 0 fully saturated rings. The van der Waals surface area contributed by atoms with Gasteiger partial charge in [-0.2, -0.15) is 0 Å². The highest BCUT2D eigenvalue weighted by Crippen LogP contribution is 2.18. The molecular weight excluding hydrogens is 248 g/mol. The first kappa shape index (κ1) is 14.4. The maximum atomic E-state index is 4.66. The Balaban J connectivity index is 2.34. The smallest absolute Gasteiger partial charge is 0.163 e. The maximum absolute atomic E-state index is 4.66. The highest BCUT2D eigenvalue weighted by molar-refractivity contribution is 5.56. The molecule has 4 heteroatoms. The minimum Gasteiger partial charge on any atom is -0.370 e. The van der Waals surface area contributed by atoms with Crippen molar-refractivity contribution in [2.45, 2.75) is 33.6 Å². The van der Waals surface area contributed by atoms with Gasteiger partial charge in [-0.3, -0.25) is 4.98 Å². The number of nitrogens with zero attached hydrogens (tertiary/aromatic N) is 3. The van der Waals surface area contributed by atoms with Gasteiger partial charge >= 0.3 is 0 Å². The summed E-state index contributed by atoms with van der Waals surface area (Å²) in [4.78, 5) is 13.4. The Bertz CT molecular complexity index is 537. The standard InChI is InChI=1S/C16H22N4/c1-4-7-18-15-10-14(9-12(2)3)19-16(20-15)13-6-5-8-17-11-13/h5-6,8,10-12H,4,7,9H2,1-3H3,(H,18,19,20). The van der Waals surface area contributed by atoms with Crippen molar-refractivity contribution >= 4 is 5.82 Å². The zero-order valence-electron chi connectivity index (χ0n) is 12.4. The number of nitrogens with one attached hydrogen (secondary N) is 1. The third-order valence-corrected chi connectivity index (χ3v) is 2.87. The summed E-state index contributed by atoms with van der Waals surface area (Å²) in [7, 11) is 0. The van der Waals surface area contributed by atoms with E-state index in [-0.39, 0.29) is 0 Å². The average molecular weight is 270 g/mol. The Morgan fingerprint density at radius 1 is 1.25 bits per heavy atom. The van der Waals surface area contributed by atoms with Crippen LogP contribution in [0.1, 0.15) is 32.9 Å². The summed E-state index contributed by atoms with van der Waals surface area (Å²) in [5.74, 6) is 2.22. The van der Waals surface area contributed by atoms with E-state index in [0.29, 0.717) is 5.92 Å². The molecule has 0 aromatic carbocycles. The van der Waals surface area contributed by atoms with Gasteiger partial charge < -0.3 is 5.32 Å². The van der Waals surface area contributed by atoms with Crippen LogP contribution >= 0.6 is 0 Å². The van der Waals surface area contributed by atoms with Crippen molar-refractivity contribution < 1.29 is 0 Å². The van der Waals surface area contributed by atoms with Crippen molar-refractivity contribution in [2.24, 2.45) is 5.92 Å². The van der Waals surface area contributed by atoms with Crippen LogP contribution in [-0.4, -0.2) is 21.5 Å². The zero-order chi connectivity index (χ0) is 14.4. The minimum absolute atomic E-state index is 0.575. The third kappa shape index (κ3) is 4.02. The van der Waals surface area contributed by atoms with E-state index in [2.05, 4.69) is 47.1 Å². The molecule has 2 rings (SSSR count). The van der Waals surface area contributed by atoms with Gasteiger partial charge in [-0.25, -0.2) is 9.97 Å². The first-order chi connectivity index (χ1) is 9.69. The lowest BCUT2D eigenvalue weighted by Crippen LogP contribution is -2.07. The van der Waals surface area contributed by atoms with E-state index in [1.807, 2.05) is 12.1 Å². The summed E-state index contributed by atoms with van der Waals surface area (Å²) < 4.78 is 0. The van der Waals surface area contributed by atoms with Crippen molar-refractivity contribution in [3.8, 4) is 11.4 Å². The number of aromatic nitrogens is 3. The van der Waals surface area contributed by atoms with Crippen molar-refractivity contribution in [3.63, 3.8) is 0 Å². The monoisotopic (exact) mass is 270 g/mol. The summed E-state index contributed by atoms with van der Waals surface area (Å²) >= 11 is 0. The second-order valence-electron chi connectivity index (χ2n) is 5.33. The number of anilines is 1. The van der Waals surface area contributed by atoms with Crippen LogP contribution < -0.4 is 5.32 Å². The topological polar surface area (TPSA) is 50.7 Å². The average Bonchev–Trinajstić information content (AvgIpc) is 2.45. The van der Waals surface area contributed by atoms with Gasteiger partial charge in [-0.05, 0) is 30.9 Å². The van der Waals surface area contributed by atoms with Crippen LogP contribution in [0.5, 0.6) is 0 Å². The van der Waals surface area contributed by atoms with Gasteiger partial charge in [0, 0.05) is 36.3 Å². The van der Waals surface area contributed by atoms with Gasteiger partial charge in [0.25, 0.3) is 0 Å². The molecule has 0 aliphatic heterocycles. The summed E-state index contributed by atoms with van der Waals surface area (Å²) in [6.45, 7) is 7.46. The van der Waals surface area contributed by atoms with Crippen LogP contribution in [0.3, 0.4) is 0 Å². The normalized spacial score (nSPS) is 10.8. The summed E-state index contributed by atoms with van der Waals surface area (Å²) in [5.41, 5.74) is 2.03. The Hall–Kier alpha value is -1.97. The SMILES string of the molecule is CCCNc1cc(CC(C)C)nc(-c2cccnc2)n1. The molecule has 106 valence electrons. The molecule has 4 nitrogen and oxygen atoms in total. The minimum atomic E-state index is 0.575. The summed E-state index contributed by atoms with van der Waals surface area (Å²) in [6, 6.07) is 5.95. The Labute approximate surface area is 120 Å². The maximum Gasteiger partial charge on any atom is 0.163 e. The fraction of sp³-hybridized carbons (Fsp3) is 0.438. The Morgan fingerprint density at radius 3 is 2.75 bits per heavy atom. The van der Waals surface area contributed by atoms with Crippen molar-refractivity contribution in [1.29, 1.82) is 0 Å². The Morgan fingerprint density at radius 2 is 2.10 bits per heavy atom. The quantitative estimate of drug-likeness (QED) is 0.872. The van der Waals surface area contributed by atoms with E-state index in [0.717, 1.165) is 42.3 Å². The highest BCUT2D eigenvalue weighted by Gasteiger charge is 2.08. The van der Waals surface area contributed by atoms with Gasteiger partial charge in [-0.1, -0.05) is 20.8 Å². The van der Waals surface area contributed by atoms with Gasteiger partial charge in [0.05, 0.1) is 0 Å². The molecule has 2 heterocycles. The number of pyridine rings is 1. The molecule has 0 atom stereocenters. The van der Waals surface area contributed by atoms with E-state index in [1.165, 1.54) is 0 Å². The van der Waals surface area contributed by atoms with Crippen molar-refractivity contribution in [3.05, 3.63) is 36.3 Å². The Kier molecular flexibility index (Phi) is 5.04. The molecule has 0 bridgehead atoms. The molecule has 1 N–H and O–H groups in total. The fourth-order valence-electron chi connectivity index (χ4n) is 1.99. The molecule has 0 saturated heterocycles. The zero-order valence-corrected chi connectivity index (χ0v) is 12.4. The predicted molar refractivity (Wildman–Crippen MR) is 82.6 cm³/mol. The fourth-order valence-corrected chi connectivity index (χ4v) is 1.99. The van der Waals surface area contributed by atoms with Gasteiger partial charge in [0.1, 0.15) is 5.82 Å². The second-order valence-corrected chi connectivity index (χ2v) is 5.33. The van der Waals surface area contributed by atoms with Gasteiger partial charge in [0.2, 0.25) is 0 Å². The van der Waals surface area contributed by atoms with E-state index in [4.69, 9.17) is 0 Å². The molecule has 0 saturated carbocycles. The molecular formula is C16H22N4. The molecule has 0 aliphatic carbocycles. The lowest BCUT2D eigenvalue weighted by atomic mass is 10.1. The van der Waals surface area contributed by atoms with Crippen molar-refractivity contribution in [2.75, 3.05) is 11.9 Å². The first-order valence-electron chi connectivity index (χ1n) is 7.21. The molecule has 20 heavy (non-hydrogen) atoms. The molecule has 2 aromatic heterocycles. The third-order valence-electron chi connectivity index (χ3n) is 2.87. The molecule has 0 spiro atoms. The summed E-state index contributed by atoms with van der Waals surface area (Å²) in [6.07, 6.45) is 5.60. The van der Waals surface area contributed by atoms with E-state index >= 15 is 0 Å². The van der Waals surface area contributed by atoms with E-state index in [1.54, 1.807) is 12.4 Å². The lowest BCUT2D eigenvalue weighted by molar-refractivity contribution is 0.635. The van der Waals surface area contributed by atoms with Crippen LogP contribution in [0.25, 0.3) is 11.4 Å². The molecule has 0 unspecified atom stereocenters.